The summed E-state index contributed by atoms with van der Waals surface area (Å²) in [4.78, 5) is 66.5. The van der Waals surface area contributed by atoms with Gasteiger partial charge in [-0.25, -0.2) is 14.6 Å². The second-order valence-electron chi connectivity index (χ2n) is 16.2. The number of benzene rings is 3. The number of hydrogen-bond acceptors (Lipinski definition) is 11. The van der Waals surface area contributed by atoms with Gasteiger partial charge in [-0.1, -0.05) is 96.2 Å². The summed E-state index contributed by atoms with van der Waals surface area (Å²) in [5.74, 6) is -2.83. The molecule has 8 rings (SSSR count). The van der Waals surface area contributed by atoms with Crippen LogP contribution >= 0.6 is 23.1 Å². The average molecular weight is 861 g/mol. The maximum Gasteiger partial charge on any atom is 0.353 e. The predicted octanol–water partition coefficient (Wildman–Crippen LogP) is 5.60. The molecular weight excluding hydrogens is 815 g/mol. The largest absolute Gasteiger partial charge is 0.477 e. The highest BCUT2D eigenvalue weighted by Crippen LogP contribution is 2.43. The Morgan fingerprint density at radius 2 is 1.56 bits per heavy atom. The molecule has 14 nitrogen and oxygen atoms in total. The van der Waals surface area contributed by atoms with Gasteiger partial charge < -0.3 is 25.3 Å². The molecule has 2 amide bonds. The highest BCUT2D eigenvalue weighted by molar-refractivity contribution is 8.00. The lowest BCUT2D eigenvalue weighted by molar-refractivity contribution is -0.752. The van der Waals surface area contributed by atoms with Gasteiger partial charge in [-0.05, 0) is 49.5 Å². The van der Waals surface area contributed by atoms with Crippen LogP contribution in [0, 0.1) is 0 Å². The minimum absolute atomic E-state index is 0.0941. The Hall–Kier alpha value is -6.26. The molecule has 0 spiro atoms. The maximum atomic E-state index is 14.5. The van der Waals surface area contributed by atoms with Crippen LogP contribution in [0.2, 0.25) is 0 Å². The standard InChI is InChI=1S/C45H45N7O7S2/c1-43(2,3)58-41(57)44(22-14-23-44)59-49-34(37(53)47-35-38(54)52-36(40(55)56)29(27-60-39(35)52)26-51-25-15-24-50(51)4)33-28-61-42(46-33)48-45(30-16-8-5-9-17-30,31-18-10-6-11-19-31)32-20-12-7-13-21-32/h5-13,15-21,24-25,28,35,39H,14,22-23,26-27H2,1-4H3,(H2-,46,47,48,53,55,56)/p+1/b49-34-/t35-,39-/m1/s1. The van der Waals surface area contributed by atoms with Crippen molar-refractivity contribution in [1.29, 1.82) is 0 Å². The van der Waals surface area contributed by atoms with Crippen LogP contribution in [0.25, 0.3) is 0 Å². The average Bonchev–Trinajstić information content (AvgIpc) is 3.87. The van der Waals surface area contributed by atoms with Gasteiger partial charge in [-0.15, -0.1) is 27.8 Å². The summed E-state index contributed by atoms with van der Waals surface area (Å²) < 4.78 is 9.38. The van der Waals surface area contributed by atoms with E-state index in [0.717, 1.165) is 16.7 Å². The minimum Gasteiger partial charge on any atom is -0.477 e. The normalized spacial score (nSPS) is 18.7. The third-order valence-electron chi connectivity index (χ3n) is 11.0. The van der Waals surface area contributed by atoms with E-state index in [2.05, 4.69) is 15.8 Å². The zero-order valence-electron chi connectivity index (χ0n) is 34.1. The second kappa shape index (κ2) is 16.7. The Balaban J connectivity index is 1.13. The molecule has 2 fully saturated rings. The van der Waals surface area contributed by atoms with Crippen LogP contribution in [-0.4, -0.2) is 77.5 Å². The number of carbonyl (C=O) groups is 4. The molecule has 0 bridgehead atoms. The van der Waals surface area contributed by atoms with Crippen LogP contribution in [0.3, 0.4) is 0 Å². The number of aliphatic carboxylic acids is 1. The van der Waals surface area contributed by atoms with E-state index in [4.69, 9.17) is 14.6 Å². The fraction of sp³-hybridized carbons (Fsp3) is 0.311. The molecule has 1 saturated carbocycles. The highest BCUT2D eigenvalue weighted by atomic mass is 32.2. The molecule has 1 saturated heterocycles. The van der Waals surface area contributed by atoms with Gasteiger partial charge in [-0.2, -0.15) is 4.68 Å². The molecule has 0 unspecified atom stereocenters. The number of hydrogen-bond donors (Lipinski definition) is 3. The van der Waals surface area contributed by atoms with Crippen molar-refractivity contribution in [2.75, 3.05) is 11.1 Å². The molecule has 16 heteroatoms. The number of esters is 1. The molecule has 2 atom stereocenters. The number of anilines is 1. The van der Waals surface area contributed by atoms with E-state index in [1.54, 1.807) is 26.2 Å². The Kier molecular flexibility index (Phi) is 11.3. The van der Waals surface area contributed by atoms with Gasteiger partial charge in [0.05, 0.1) is 6.20 Å². The number of carbonyl (C=O) groups excluding carboxylic acids is 3. The number of fused-ring (bicyclic) bond motifs is 1. The Morgan fingerprint density at radius 3 is 2.07 bits per heavy atom. The summed E-state index contributed by atoms with van der Waals surface area (Å²) in [7, 11) is 1.84. The molecular formula is C45H46N7O7S2+. The van der Waals surface area contributed by atoms with Crippen molar-refractivity contribution in [3.8, 4) is 0 Å². The number of rotatable bonds is 14. The molecule has 1 aliphatic carbocycles. The van der Waals surface area contributed by atoms with Crippen molar-refractivity contribution < 1.29 is 38.5 Å². The number of amides is 2. The first kappa shape index (κ1) is 41.5. The SMILES string of the molecule is C[n+]1cccn1CC1=C(C(=O)O)N2C(=O)[C@@H](NC(=O)/C(=N\OC3(C(=O)OC(C)(C)C)CCC3)c3csc(NC(c4ccccc4)(c4ccccc4)c4ccccc4)n3)[C@H]2SC1. The Bertz CT molecular complexity index is 2410. The van der Waals surface area contributed by atoms with Crippen LogP contribution in [0.5, 0.6) is 0 Å². The molecule has 3 aliphatic rings. The van der Waals surface area contributed by atoms with E-state index >= 15 is 0 Å². The van der Waals surface area contributed by atoms with Gasteiger partial charge in [0.25, 0.3) is 11.8 Å². The van der Waals surface area contributed by atoms with E-state index in [9.17, 15) is 24.3 Å². The molecule has 2 aromatic heterocycles. The quantitative estimate of drug-likeness (QED) is 0.0320. The van der Waals surface area contributed by atoms with Gasteiger partial charge in [0.2, 0.25) is 5.60 Å². The van der Waals surface area contributed by atoms with E-state index in [1.807, 2.05) is 126 Å². The van der Waals surface area contributed by atoms with Crippen LogP contribution in [0.1, 0.15) is 62.4 Å². The first-order chi connectivity index (χ1) is 29.3. The number of nitrogens with zero attached hydrogens (tertiary/aromatic N) is 5. The zero-order chi connectivity index (χ0) is 42.9. The lowest BCUT2D eigenvalue weighted by Gasteiger charge is -2.49. The lowest BCUT2D eigenvalue weighted by atomic mass is 9.77. The molecule has 2 aliphatic heterocycles. The first-order valence-electron chi connectivity index (χ1n) is 19.9. The number of thiazole rings is 1. The Morgan fingerprint density at radius 1 is 0.951 bits per heavy atom. The molecule has 4 heterocycles. The second-order valence-corrected chi connectivity index (χ2v) is 18.1. The van der Waals surface area contributed by atoms with Crippen LogP contribution in [0.15, 0.2) is 131 Å². The number of carboxylic acids is 1. The van der Waals surface area contributed by atoms with Crippen LogP contribution < -0.4 is 15.3 Å². The van der Waals surface area contributed by atoms with E-state index < -0.39 is 51.9 Å². The van der Waals surface area contributed by atoms with Crippen molar-refractivity contribution in [3.05, 3.63) is 148 Å². The molecule has 61 heavy (non-hydrogen) atoms. The van der Waals surface area contributed by atoms with Gasteiger partial charge in [0.15, 0.2) is 24.1 Å². The van der Waals surface area contributed by atoms with Gasteiger partial charge in [0.1, 0.15) is 40.5 Å². The van der Waals surface area contributed by atoms with Crippen LogP contribution in [-0.2, 0) is 47.9 Å². The summed E-state index contributed by atoms with van der Waals surface area (Å²) in [6.07, 6.45) is 5.03. The summed E-state index contributed by atoms with van der Waals surface area (Å²) >= 11 is 2.62. The topological polar surface area (TPSA) is 168 Å². The van der Waals surface area contributed by atoms with Gasteiger partial charge in [0, 0.05) is 30.0 Å². The van der Waals surface area contributed by atoms with Crippen molar-refractivity contribution in [3.63, 3.8) is 0 Å². The van der Waals surface area contributed by atoms with Crippen LogP contribution in [0.4, 0.5) is 5.13 Å². The Labute approximate surface area is 361 Å². The fourth-order valence-corrected chi connectivity index (χ4v) is 9.83. The third kappa shape index (κ3) is 8.04. The zero-order valence-corrected chi connectivity index (χ0v) is 35.7. The molecule has 0 radical (unpaired) electrons. The number of thioether (sulfide) groups is 1. The van der Waals surface area contributed by atoms with Crippen molar-refractivity contribution in [2.45, 2.75) is 74.7 Å². The number of aryl methyl sites for hydroxylation is 1. The molecule has 3 N–H and O–H groups in total. The van der Waals surface area contributed by atoms with Crippen molar-refractivity contribution in [1.82, 2.24) is 19.9 Å². The molecule has 3 aromatic carbocycles. The monoisotopic (exact) mass is 860 g/mol. The summed E-state index contributed by atoms with van der Waals surface area (Å²) in [5.41, 5.74) is 0.0762. The van der Waals surface area contributed by atoms with Gasteiger partial charge >= 0.3 is 11.9 Å². The van der Waals surface area contributed by atoms with Crippen molar-refractivity contribution in [2.24, 2.45) is 12.2 Å². The van der Waals surface area contributed by atoms with E-state index in [-0.39, 0.29) is 23.6 Å². The van der Waals surface area contributed by atoms with Crippen molar-refractivity contribution >= 4 is 57.7 Å². The summed E-state index contributed by atoms with van der Waals surface area (Å²) in [6, 6.07) is 30.8. The number of carboxylic acid groups (broad SMARTS) is 1. The maximum absolute atomic E-state index is 14.5. The minimum atomic E-state index is -1.41. The highest BCUT2D eigenvalue weighted by Gasteiger charge is 2.55. The number of β-lactam (4-membered cyclic amide) rings is 1. The van der Waals surface area contributed by atoms with E-state index in [1.165, 1.54) is 28.0 Å². The fourth-order valence-electron chi connectivity index (χ4n) is 7.75. The van der Waals surface area contributed by atoms with Gasteiger partial charge in [-0.3, -0.25) is 14.5 Å². The third-order valence-corrected chi connectivity index (χ3v) is 13.1. The summed E-state index contributed by atoms with van der Waals surface area (Å²) in [5, 5.41) is 22.6. The molecule has 5 aromatic rings. The smallest absolute Gasteiger partial charge is 0.353 e. The molecule has 314 valence electrons. The number of nitrogens with one attached hydrogen (secondary N) is 2. The summed E-state index contributed by atoms with van der Waals surface area (Å²) in [6.45, 7) is 5.57. The number of oxime groups is 1. The number of aromatic nitrogens is 3. The van der Waals surface area contributed by atoms with E-state index in [0.29, 0.717) is 35.7 Å². The predicted molar refractivity (Wildman–Crippen MR) is 230 cm³/mol. The first-order valence-corrected chi connectivity index (χ1v) is 21.8. The number of ether oxygens (including phenoxy) is 1. The lowest BCUT2D eigenvalue weighted by Crippen LogP contribution is -2.71.